The summed E-state index contributed by atoms with van der Waals surface area (Å²) in [6.07, 6.45) is 1.46. The zero-order valence-corrected chi connectivity index (χ0v) is 12.9. The molecule has 9 heteroatoms. The van der Waals surface area contributed by atoms with Crippen LogP contribution in [0.2, 0.25) is 0 Å². The molecule has 1 aromatic heterocycles. The number of thiophene rings is 1. The van der Waals surface area contributed by atoms with Gasteiger partial charge < -0.3 is 11.1 Å². The van der Waals surface area contributed by atoms with E-state index in [1.54, 1.807) is 6.07 Å². The van der Waals surface area contributed by atoms with E-state index in [2.05, 4.69) is 5.32 Å². The lowest BCUT2D eigenvalue weighted by atomic mass is 10.2. The van der Waals surface area contributed by atoms with Crippen LogP contribution in [0.4, 0.5) is 0 Å². The fraction of sp³-hybridized carbons (Fsp3) is 0.500. The number of rotatable bonds is 6. The van der Waals surface area contributed by atoms with Crippen LogP contribution in [0.1, 0.15) is 24.6 Å². The second-order valence-electron chi connectivity index (χ2n) is 3.88. The monoisotopic (exact) mass is 327 g/mol. The van der Waals surface area contributed by atoms with Gasteiger partial charge in [0.15, 0.2) is 0 Å². The Kier molecular flexibility index (Phi) is 7.53. The van der Waals surface area contributed by atoms with E-state index in [-0.39, 0.29) is 29.1 Å². The highest BCUT2D eigenvalue weighted by atomic mass is 35.5. The minimum absolute atomic E-state index is 0. The van der Waals surface area contributed by atoms with E-state index in [1.807, 2.05) is 6.92 Å². The lowest BCUT2D eigenvalue weighted by molar-refractivity contribution is -0.122. The number of nitrogens with one attached hydrogen (secondary N) is 1. The molecule has 0 aliphatic rings. The fourth-order valence-corrected chi connectivity index (χ4v) is 3.07. The lowest BCUT2D eigenvalue weighted by Gasteiger charge is -2.10. The van der Waals surface area contributed by atoms with Gasteiger partial charge in [-0.2, -0.15) is 0 Å². The van der Waals surface area contributed by atoms with Gasteiger partial charge in [0.05, 0.1) is 12.6 Å². The topological polar surface area (TPSA) is 115 Å². The molecule has 0 saturated carbocycles. The number of carbonyl (C=O) groups excluding carboxylic acids is 1. The number of amides is 1. The van der Waals surface area contributed by atoms with Crippen molar-refractivity contribution < 1.29 is 13.2 Å². The third-order valence-corrected chi connectivity index (χ3v) is 4.81. The normalized spacial score (nSPS) is 12.6. The van der Waals surface area contributed by atoms with E-state index in [0.717, 1.165) is 22.6 Å². The standard InChI is InChI=1S/C10H17N3O3S2.ClH/c1-2-3-8(11)10(14)13-6-7-4-5-9(17-7)18(12,15)16;/h4-5,8H,2-3,6,11H2,1H3,(H,13,14)(H2,12,15,16);1H. The minimum atomic E-state index is -3.66. The van der Waals surface area contributed by atoms with E-state index in [4.69, 9.17) is 10.9 Å². The fourth-order valence-electron chi connectivity index (χ4n) is 1.35. The van der Waals surface area contributed by atoms with Crippen molar-refractivity contribution in [2.75, 3.05) is 0 Å². The van der Waals surface area contributed by atoms with Crippen LogP contribution in [0, 0.1) is 0 Å². The Labute approximate surface area is 123 Å². The SMILES string of the molecule is CCCC(N)C(=O)NCc1ccc(S(N)(=O)=O)s1.Cl. The van der Waals surface area contributed by atoms with E-state index < -0.39 is 16.1 Å². The van der Waals surface area contributed by atoms with Crippen LogP contribution in [-0.4, -0.2) is 20.4 Å². The molecule has 0 saturated heterocycles. The van der Waals surface area contributed by atoms with Crippen molar-refractivity contribution in [3.63, 3.8) is 0 Å². The molecule has 110 valence electrons. The minimum Gasteiger partial charge on any atom is -0.350 e. The summed E-state index contributed by atoms with van der Waals surface area (Å²) in [7, 11) is -3.66. The van der Waals surface area contributed by atoms with Gasteiger partial charge >= 0.3 is 0 Å². The molecule has 1 amide bonds. The summed E-state index contributed by atoms with van der Waals surface area (Å²) >= 11 is 1.04. The first-order chi connectivity index (χ1) is 8.34. The third kappa shape index (κ3) is 5.87. The average Bonchev–Trinajstić information content (AvgIpc) is 2.74. The van der Waals surface area contributed by atoms with Crippen molar-refractivity contribution in [3.05, 3.63) is 17.0 Å². The molecular weight excluding hydrogens is 310 g/mol. The van der Waals surface area contributed by atoms with Gasteiger partial charge in [-0.25, -0.2) is 13.6 Å². The van der Waals surface area contributed by atoms with Gasteiger partial charge in [-0.05, 0) is 18.6 Å². The molecule has 0 aromatic carbocycles. The Balaban J connectivity index is 0.00000324. The first-order valence-electron chi connectivity index (χ1n) is 5.49. The number of hydrogen-bond donors (Lipinski definition) is 3. The van der Waals surface area contributed by atoms with Crippen molar-refractivity contribution in [2.24, 2.45) is 10.9 Å². The van der Waals surface area contributed by atoms with E-state index in [0.29, 0.717) is 6.42 Å². The first-order valence-corrected chi connectivity index (χ1v) is 7.85. The molecule has 1 rings (SSSR count). The number of carbonyl (C=O) groups is 1. The number of primary sulfonamides is 1. The van der Waals surface area contributed by atoms with Gasteiger partial charge in [-0.3, -0.25) is 4.79 Å². The highest BCUT2D eigenvalue weighted by Gasteiger charge is 2.14. The number of sulfonamides is 1. The maximum absolute atomic E-state index is 11.5. The van der Waals surface area contributed by atoms with E-state index in [1.165, 1.54) is 6.07 Å². The summed E-state index contributed by atoms with van der Waals surface area (Å²) in [6, 6.07) is 2.52. The summed E-state index contributed by atoms with van der Waals surface area (Å²) in [4.78, 5) is 12.3. The molecule has 1 aromatic rings. The maximum atomic E-state index is 11.5. The summed E-state index contributed by atoms with van der Waals surface area (Å²) in [5, 5.41) is 7.65. The molecule has 1 unspecified atom stereocenters. The molecule has 0 radical (unpaired) electrons. The highest BCUT2D eigenvalue weighted by molar-refractivity contribution is 7.91. The summed E-state index contributed by atoms with van der Waals surface area (Å²) in [5.74, 6) is -0.234. The Morgan fingerprint density at radius 3 is 2.58 bits per heavy atom. The van der Waals surface area contributed by atoms with Crippen molar-refractivity contribution >= 4 is 39.7 Å². The van der Waals surface area contributed by atoms with Gasteiger partial charge in [-0.1, -0.05) is 13.3 Å². The summed E-state index contributed by atoms with van der Waals surface area (Å²) < 4.78 is 22.2. The van der Waals surface area contributed by atoms with Gasteiger partial charge in [0.2, 0.25) is 15.9 Å². The second-order valence-corrected chi connectivity index (χ2v) is 6.84. The largest absolute Gasteiger partial charge is 0.350 e. The number of nitrogens with two attached hydrogens (primary N) is 2. The third-order valence-electron chi connectivity index (χ3n) is 2.29. The van der Waals surface area contributed by atoms with Crippen LogP contribution in [-0.2, 0) is 21.4 Å². The summed E-state index contributed by atoms with van der Waals surface area (Å²) in [6.45, 7) is 2.21. The highest BCUT2D eigenvalue weighted by Crippen LogP contribution is 2.19. The van der Waals surface area contributed by atoms with Crippen molar-refractivity contribution in [2.45, 2.75) is 36.6 Å². The van der Waals surface area contributed by atoms with Crippen LogP contribution in [0.15, 0.2) is 16.3 Å². The Morgan fingerprint density at radius 2 is 2.11 bits per heavy atom. The van der Waals surface area contributed by atoms with Crippen LogP contribution >= 0.6 is 23.7 Å². The molecule has 0 spiro atoms. The van der Waals surface area contributed by atoms with Crippen molar-refractivity contribution in [1.82, 2.24) is 5.32 Å². The molecule has 19 heavy (non-hydrogen) atoms. The Morgan fingerprint density at radius 1 is 1.47 bits per heavy atom. The van der Waals surface area contributed by atoms with Gasteiger partial charge in [-0.15, -0.1) is 23.7 Å². The number of hydrogen-bond acceptors (Lipinski definition) is 5. The quantitative estimate of drug-likeness (QED) is 0.708. The van der Waals surface area contributed by atoms with Gasteiger partial charge in [0.1, 0.15) is 4.21 Å². The number of halogens is 1. The van der Waals surface area contributed by atoms with Crippen molar-refractivity contribution in [1.29, 1.82) is 0 Å². The molecular formula is C10H18ClN3O3S2. The smallest absolute Gasteiger partial charge is 0.247 e. The van der Waals surface area contributed by atoms with Gasteiger partial charge in [0.25, 0.3) is 0 Å². The van der Waals surface area contributed by atoms with Gasteiger partial charge in [0, 0.05) is 4.88 Å². The molecule has 0 fully saturated rings. The lowest BCUT2D eigenvalue weighted by Crippen LogP contribution is -2.39. The molecule has 6 nitrogen and oxygen atoms in total. The molecule has 1 atom stereocenters. The Bertz CT molecular complexity index is 516. The molecule has 5 N–H and O–H groups in total. The van der Waals surface area contributed by atoms with Crippen LogP contribution in [0.3, 0.4) is 0 Å². The van der Waals surface area contributed by atoms with E-state index in [9.17, 15) is 13.2 Å². The second kappa shape index (κ2) is 7.81. The maximum Gasteiger partial charge on any atom is 0.247 e. The van der Waals surface area contributed by atoms with Crippen LogP contribution in [0.25, 0.3) is 0 Å². The first kappa shape index (κ1) is 18.3. The molecule has 0 bridgehead atoms. The average molecular weight is 328 g/mol. The molecule has 0 aliphatic carbocycles. The summed E-state index contributed by atoms with van der Waals surface area (Å²) in [5.41, 5.74) is 5.64. The van der Waals surface area contributed by atoms with E-state index >= 15 is 0 Å². The Hall–Kier alpha value is -0.670. The van der Waals surface area contributed by atoms with Crippen LogP contribution in [0.5, 0.6) is 0 Å². The van der Waals surface area contributed by atoms with Crippen LogP contribution < -0.4 is 16.2 Å². The van der Waals surface area contributed by atoms with Crippen molar-refractivity contribution in [3.8, 4) is 0 Å². The molecule has 1 heterocycles. The molecule has 0 aliphatic heterocycles. The predicted octanol–water partition coefficient (Wildman–Crippen LogP) is 0.561. The zero-order chi connectivity index (χ0) is 13.8. The predicted molar refractivity (Wildman–Crippen MR) is 77.7 cm³/mol. The zero-order valence-electron chi connectivity index (χ0n) is 10.5.